The van der Waals surface area contributed by atoms with E-state index in [-0.39, 0.29) is 12.1 Å². The second kappa shape index (κ2) is 6.35. The molecular formula is C10H23NO2. The van der Waals surface area contributed by atoms with Crippen molar-refractivity contribution in [1.82, 2.24) is 4.90 Å². The standard InChI is InChI=1S/C10H23NO2/c1-6-10(12)9(3)11(4)8(2)7-13-5/h8-10,12H,6-7H2,1-5H3. The maximum absolute atomic E-state index is 9.63. The maximum atomic E-state index is 9.63. The first-order valence-electron chi connectivity index (χ1n) is 4.93. The quantitative estimate of drug-likeness (QED) is 0.679. The summed E-state index contributed by atoms with van der Waals surface area (Å²) in [6, 6.07) is 0.538. The molecule has 3 atom stereocenters. The first-order chi connectivity index (χ1) is 6.04. The molecule has 0 fully saturated rings. The van der Waals surface area contributed by atoms with Gasteiger partial charge in [-0.15, -0.1) is 0 Å². The lowest BCUT2D eigenvalue weighted by Crippen LogP contribution is -2.45. The van der Waals surface area contributed by atoms with Crippen LogP contribution in [0.5, 0.6) is 0 Å². The Morgan fingerprint density at radius 2 is 1.92 bits per heavy atom. The SMILES string of the molecule is CCC(O)C(C)N(C)C(C)COC. The number of ether oxygens (including phenoxy) is 1. The van der Waals surface area contributed by atoms with Crippen molar-refractivity contribution in [3.8, 4) is 0 Å². The van der Waals surface area contributed by atoms with Gasteiger partial charge in [-0.25, -0.2) is 0 Å². The van der Waals surface area contributed by atoms with Crippen LogP contribution in [0.25, 0.3) is 0 Å². The van der Waals surface area contributed by atoms with E-state index >= 15 is 0 Å². The number of likely N-dealkylation sites (N-methyl/N-ethyl adjacent to an activating group) is 1. The van der Waals surface area contributed by atoms with Crippen LogP contribution in [-0.4, -0.2) is 49.0 Å². The van der Waals surface area contributed by atoms with Crippen LogP contribution in [0.3, 0.4) is 0 Å². The van der Waals surface area contributed by atoms with E-state index in [1.807, 2.05) is 20.9 Å². The van der Waals surface area contributed by atoms with Crippen molar-refractivity contribution >= 4 is 0 Å². The Kier molecular flexibility index (Phi) is 6.29. The zero-order valence-electron chi connectivity index (χ0n) is 9.45. The Morgan fingerprint density at radius 1 is 1.38 bits per heavy atom. The summed E-state index contributed by atoms with van der Waals surface area (Å²) < 4.78 is 5.06. The van der Waals surface area contributed by atoms with E-state index in [1.54, 1.807) is 7.11 Å². The highest BCUT2D eigenvalue weighted by atomic mass is 16.5. The number of hydrogen-bond donors (Lipinski definition) is 1. The smallest absolute Gasteiger partial charge is 0.0690 e. The van der Waals surface area contributed by atoms with Crippen LogP contribution in [0.1, 0.15) is 27.2 Å². The van der Waals surface area contributed by atoms with Crippen LogP contribution in [0.2, 0.25) is 0 Å². The van der Waals surface area contributed by atoms with Gasteiger partial charge in [0, 0.05) is 19.2 Å². The molecule has 0 spiro atoms. The van der Waals surface area contributed by atoms with Crippen molar-refractivity contribution in [2.24, 2.45) is 0 Å². The van der Waals surface area contributed by atoms with Gasteiger partial charge in [0.1, 0.15) is 0 Å². The summed E-state index contributed by atoms with van der Waals surface area (Å²) in [6.45, 7) is 6.84. The van der Waals surface area contributed by atoms with Crippen LogP contribution in [0.4, 0.5) is 0 Å². The van der Waals surface area contributed by atoms with Crippen molar-refractivity contribution in [3.63, 3.8) is 0 Å². The number of rotatable bonds is 6. The lowest BCUT2D eigenvalue weighted by atomic mass is 10.1. The normalized spacial score (nSPS) is 18.7. The minimum Gasteiger partial charge on any atom is -0.392 e. The van der Waals surface area contributed by atoms with Gasteiger partial charge in [-0.2, -0.15) is 0 Å². The zero-order valence-corrected chi connectivity index (χ0v) is 9.45. The summed E-state index contributed by atoms with van der Waals surface area (Å²) in [7, 11) is 3.72. The minimum atomic E-state index is -0.246. The largest absolute Gasteiger partial charge is 0.392 e. The van der Waals surface area contributed by atoms with Gasteiger partial charge in [-0.3, -0.25) is 4.90 Å². The number of methoxy groups -OCH3 is 1. The summed E-state index contributed by atoms with van der Waals surface area (Å²) in [5.41, 5.74) is 0. The summed E-state index contributed by atoms with van der Waals surface area (Å²) in [6.07, 6.45) is 0.551. The Bertz CT molecular complexity index is 130. The molecule has 0 saturated carbocycles. The third-order valence-electron chi connectivity index (χ3n) is 2.72. The van der Waals surface area contributed by atoms with Crippen molar-refractivity contribution in [1.29, 1.82) is 0 Å². The molecule has 3 heteroatoms. The molecular weight excluding hydrogens is 166 g/mol. The molecule has 0 saturated heterocycles. The molecule has 0 aromatic heterocycles. The predicted octanol–water partition coefficient (Wildman–Crippen LogP) is 1.11. The fourth-order valence-corrected chi connectivity index (χ4v) is 1.37. The molecule has 0 bridgehead atoms. The summed E-state index contributed by atoms with van der Waals surface area (Å²) in [4.78, 5) is 2.15. The van der Waals surface area contributed by atoms with E-state index < -0.39 is 0 Å². The van der Waals surface area contributed by atoms with Crippen molar-refractivity contribution in [2.45, 2.75) is 45.4 Å². The number of nitrogens with zero attached hydrogens (tertiary/aromatic N) is 1. The summed E-state index contributed by atoms with van der Waals surface area (Å²) >= 11 is 0. The van der Waals surface area contributed by atoms with E-state index in [9.17, 15) is 5.11 Å². The highest BCUT2D eigenvalue weighted by Crippen LogP contribution is 2.09. The van der Waals surface area contributed by atoms with Crippen LogP contribution in [-0.2, 0) is 4.74 Å². The zero-order chi connectivity index (χ0) is 10.4. The number of aliphatic hydroxyl groups excluding tert-OH is 1. The average Bonchev–Trinajstić information content (AvgIpc) is 2.14. The fourth-order valence-electron chi connectivity index (χ4n) is 1.37. The van der Waals surface area contributed by atoms with Gasteiger partial charge in [0.2, 0.25) is 0 Å². The molecule has 0 amide bonds. The molecule has 13 heavy (non-hydrogen) atoms. The molecule has 0 radical (unpaired) electrons. The molecule has 0 aliphatic rings. The molecule has 0 aromatic rings. The van der Waals surface area contributed by atoms with Crippen molar-refractivity contribution in [2.75, 3.05) is 20.8 Å². The van der Waals surface area contributed by atoms with Gasteiger partial charge in [0.15, 0.2) is 0 Å². The Balaban J connectivity index is 3.99. The van der Waals surface area contributed by atoms with Crippen LogP contribution in [0.15, 0.2) is 0 Å². The molecule has 80 valence electrons. The third-order valence-corrected chi connectivity index (χ3v) is 2.72. The van der Waals surface area contributed by atoms with Gasteiger partial charge in [0.25, 0.3) is 0 Å². The fraction of sp³-hybridized carbons (Fsp3) is 1.00. The average molecular weight is 189 g/mol. The highest BCUT2D eigenvalue weighted by Gasteiger charge is 2.20. The first-order valence-corrected chi connectivity index (χ1v) is 4.93. The van der Waals surface area contributed by atoms with Gasteiger partial charge in [-0.1, -0.05) is 6.92 Å². The Labute approximate surface area is 81.7 Å². The summed E-state index contributed by atoms with van der Waals surface area (Å²) in [5.74, 6) is 0. The molecule has 0 aromatic carbocycles. The molecule has 3 nitrogen and oxygen atoms in total. The minimum absolute atomic E-state index is 0.190. The molecule has 0 aliphatic carbocycles. The van der Waals surface area contributed by atoms with Gasteiger partial charge < -0.3 is 9.84 Å². The monoisotopic (exact) mass is 189 g/mol. The number of aliphatic hydroxyl groups is 1. The molecule has 0 rings (SSSR count). The van der Waals surface area contributed by atoms with Crippen molar-refractivity contribution in [3.05, 3.63) is 0 Å². The lowest BCUT2D eigenvalue weighted by Gasteiger charge is -2.33. The summed E-state index contributed by atoms with van der Waals surface area (Å²) in [5, 5.41) is 9.63. The van der Waals surface area contributed by atoms with Crippen LogP contribution < -0.4 is 0 Å². The van der Waals surface area contributed by atoms with Crippen LogP contribution >= 0.6 is 0 Å². The van der Waals surface area contributed by atoms with E-state index in [2.05, 4.69) is 11.8 Å². The van der Waals surface area contributed by atoms with Gasteiger partial charge in [-0.05, 0) is 27.3 Å². The highest BCUT2D eigenvalue weighted by molar-refractivity contribution is 4.75. The third kappa shape index (κ3) is 4.07. The van der Waals surface area contributed by atoms with Gasteiger partial charge >= 0.3 is 0 Å². The molecule has 1 N–H and O–H groups in total. The first kappa shape index (κ1) is 12.9. The second-order valence-electron chi connectivity index (χ2n) is 3.69. The Morgan fingerprint density at radius 3 is 2.31 bits per heavy atom. The van der Waals surface area contributed by atoms with E-state index in [0.717, 1.165) is 6.42 Å². The topological polar surface area (TPSA) is 32.7 Å². The van der Waals surface area contributed by atoms with Gasteiger partial charge in [0.05, 0.1) is 12.7 Å². The molecule has 0 heterocycles. The number of hydrogen-bond acceptors (Lipinski definition) is 3. The Hall–Kier alpha value is -0.120. The predicted molar refractivity (Wildman–Crippen MR) is 54.9 cm³/mol. The molecule has 0 aliphatic heterocycles. The maximum Gasteiger partial charge on any atom is 0.0690 e. The second-order valence-corrected chi connectivity index (χ2v) is 3.69. The van der Waals surface area contributed by atoms with Crippen molar-refractivity contribution < 1.29 is 9.84 Å². The van der Waals surface area contributed by atoms with E-state index in [4.69, 9.17) is 4.74 Å². The lowest BCUT2D eigenvalue weighted by molar-refractivity contribution is 0.0273. The molecule has 3 unspecified atom stereocenters. The van der Waals surface area contributed by atoms with E-state index in [1.165, 1.54) is 0 Å². The van der Waals surface area contributed by atoms with Crippen LogP contribution in [0, 0.1) is 0 Å². The van der Waals surface area contributed by atoms with E-state index in [0.29, 0.717) is 12.6 Å².